The molecule has 2 aromatic rings. The molecule has 25 heavy (non-hydrogen) atoms. The maximum atomic E-state index is 13.8. The molecular formula is C18H17F2N3O2. The van der Waals surface area contributed by atoms with Gasteiger partial charge in [-0.05, 0) is 30.7 Å². The van der Waals surface area contributed by atoms with Crippen molar-refractivity contribution in [3.8, 4) is 0 Å². The zero-order valence-electron chi connectivity index (χ0n) is 13.3. The minimum Gasteiger partial charge on any atom is -0.355 e. The van der Waals surface area contributed by atoms with Gasteiger partial charge in [0.2, 0.25) is 11.8 Å². The first-order chi connectivity index (χ1) is 12.0. The highest BCUT2D eigenvalue weighted by Crippen LogP contribution is 2.28. The highest BCUT2D eigenvalue weighted by atomic mass is 19.1. The molecule has 1 heterocycles. The lowest BCUT2D eigenvalue weighted by atomic mass is 9.98. The van der Waals surface area contributed by atoms with E-state index in [1.54, 1.807) is 24.3 Å². The highest BCUT2D eigenvalue weighted by molar-refractivity contribution is 5.97. The molecule has 1 atom stereocenters. The maximum Gasteiger partial charge on any atom is 0.229 e. The van der Waals surface area contributed by atoms with Crippen molar-refractivity contribution in [3.63, 3.8) is 0 Å². The van der Waals surface area contributed by atoms with E-state index in [1.165, 1.54) is 6.07 Å². The van der Waals surface area contributed by atoms with Crippen LogP contribution in [0.25, 0.3) is 0 Å². The topological polar surface area (TPSA) is 70.2 Å². The molecule has 1 aliphatic heterocycles. The molecule has 7 heteroatoms. The van der Waals surface area contributed by atoms with Gasteiger partial charge < -0.3 is 16.0 Å². The summed E-state index contributed by atoms with van der Waals surface area (Å²) in [6, 6.07) is 10.1. The number of anilines is 3. The van der Waals surface area contributed by atoms with Crippen LogP contribution in [0.4, 0.5) is 25.8 Å². The summed E-state index contributed by atoms with van der Waals surface area (Å²) in [5.41, 5.74) is 1.07. The molecular weight excluding hydrogens is 328 g/mol. The number of piperidine rings is 1. The van der Waals surface area contributed by atoms with Crippen LogP contribution in [0, 0.1) is 17.6 Å². The molecule has 0 bridgehead atoms. The summed E-state index contributed by atoms with van der Waals surface area (Å²) in [7, 11) is 0. The fraction of sp³-hybridized carbons (Fsp3) is 0.222. The van der Waals surface area contributed by atoms with Gasteiger partial charge in [-0.25, -0.2) is 8.78 Å². The number of nitrogens with one attached hydrogen (secondary N) is 3. The van der Waals surface area contributed by atoms with Crippen molar-refractivity contribution in [1.29, 1.82) is 0 Å². The van der Waals surface area contributed by atoms with Gasteiger partial charge in [-0.1, -0.05) is 12.1 Å². The Kier molecular flexibility index (Phi) is 4.92. The second-order valence-corrected chi connectivity index (χ2v) is 5.82. The van der Waals surface area contributed by atoms with Crippen LogP contribution in [0.15, 0.2) is 42.5 Å². The Labute approximate surface area is 143 Å². The molecule has 1 aliphatic rings. The van der Waals surface area contributed by atoms with E-state index in [4.69, 9.17) is 0 Å². The molecule has 1 saturated heterocycles. The summed E-state index contributed by atoms with van der Waals surface area (Å²) < 4.78 is 26.8. The molecule has 3 N–H and O–H groups in total. The van der Waals surface area contributed by atoms with Gasteiger partial charge in [0, 0.05) is 19.0 Å². The lowest BCUT2D eigenvalue weighted by Crippen LogP contribution is -2.40. The fourth-order valence-corrected chi connectivity index (χ4v) is 2.63. The van der Waals surface area contributed by atoms with Crippen LogP contribution in [0.3, 0.4) is 0 Å². The van der Waals surface area contributed by atoms with E-state index < -0.39 is 11.6 Å². The van der Waals surface area contributed by atoms with Gasteiger partial charge in [-0.2, -0.15) is 0 Å². The van der Waals surface area contributed by atoms with E-state index in [0.29, 0.717) is 30.8 Å². The van der Waals surface area contributed by atoms with Crippen molar-refractivity contribution in [2.75, 3.05) is 17.2 Å². The van der Waals surface area contributed by atoms with Gasteiger partial charge in [0.1, 0.15) is 11.6 Å². The number of hydrogen-bond donors (Lipinski definition) is 3. The third-order valence-electron chi connectivity index (χ3n) is 4.02. The molecule has 2 aromatic carbocycles. The van der Waals surface area contributed by atoms with Crippen LogP contribution in [-0.4, -0.2) is 18.4 Å². The van der Waals surface area contributed by atoms with E-state index in [0.717, 1.165) is 12.1 Å². The minimum atomic E-state index is -0.726. The summed E-state index contributed by atoms with van der Waals surface area (Å²) in [5.74, 6) is -1.97. The SMILES string of the molecule is O=C1CCC(C(=O)Nc2ccccc2Nc2ccc(F)cc2F)CN1. The molecule has 0 radical (unpaired) electrons. The second kappa shape index (κ2) is 7.29. The van der Waals surface area contributed by atoms with Gasteiger partial charge >= 0.3 is 0 Å². The molecule has 0 aromatic heterocycles. The monoisotopic (exact) mass is 345 g/mol. The fourth-order valence-electron chi connectivity index (χ4n) is 2.63. The van der Waals surface area contributed by atoms with Crippen LogP contribution >= 0.6 is 0 Å². The van der Waals surface area contributed by atoms with Crippen LogP contribution in [0.1, 0.15) is 12.8 Å². The Morgan fingerprint density at radius 2 is 1.84 bits per heavy atom. The molecule has 0 aliphatic carbocycles. The zero-order valence-corrected chi connectivity index (χ0v) is 13.3. The second-order valence-electron chi connectivity index (χ2n) is 5.82. The van der Waals surface area contributed by atoms with E-state index in [1.807, 2.05) is 0 Å². The third-order valence-corrected chi connectivity index (χ3v) is 4.02. The molecule has 0 spiro atoms. The van der Waals surface area contributed by atoms with Crippen molar-refractivity contribution in [2.45, 2.75) is 12.8 Å². The number of amides is 2. The number of para-hydroxylation sites is 2. The Balaban J connectivity index is 1.74. The average molecular weight is 345 g/mol. The van der Waals surface area contributed by atoms with E-state index >= 15 is 0 Å². The Morgan fingerprint density at radius 1 is 1.08 bits per heavy atom. The first-order valence-corrected chi connectivity index (χ1v) is 7.91. The first-order valence-electron chi connectivity index (χ1n) is 7.91. The molecule has 130 valence electrons. The molecule has 1 unspecified atom stereocenters. The molecule has 3 rings (SSSR count). The summed E-state index contributed by atoms with van der Waals surface area (Å²) in [6.07, 6.45) is 0.804. The number of carbonyl (C=O) groups is 2. The predicted octanol–water partition coefficient (Wildman–Crippen LogP) is 3.17. The normalized spacial score (nSPS) is 16.9. The van der Waals surface area contributed by atoms with Crippen molar-refractivity contribution >= 4 is 28.9 Å². The molecule has 2 amide bonds. The molecule has 1 fully saturated rings. The van der Waals surface area contributed by atoms with Crippen LogP contribution < -0.4 is 16.0 Å². The predicted molar refractivity (Wildman–Crippen MR) is 90.4 cm³/mol. The Hall–Kier alpha value is -2.96. The van der Waals surface area contributed by atoms with Gasteiger partial charge in [-0.3, -0.25) is 9.59 Å². The molecule has 5 nitrogen and oxygen atoms in total. The number of carbonyl (C=O) groups excluding carboxylic acids is 2. The summed E-state index contributed by atoms with van der Waals surface area (Å²) in [5, 5.41) is 8.32. The highest BCUT2D eigenvalue weighted by Gasteiger charge is 2.24. The largest absolute Gasteiger partial charge is 0.355 e. The van der Waals surface area contributed by atoms with Crippen molar-refractivity contribution in [3.05, 3.63) is 54.1 Å². The van der Waals surface area contributed by atoms with Crippen LogP contribution in [0.2, 0.25) is 0 Å². The maximum absolute atomic E-state index is 13.8. The lowest BCUT2D eigenvalue weighted by molar-refractivity contribution is -0.126. The number of rotatable bonds is 4. The number of benzene rings is 2. The first kappa shape index (κ1) is 16.9. The van der Waals surface area contributed by atoms with E-state index in [-0.39, 0.29) is 23.4 Å². The number of halogens is 2. The smallest absolute Gasteiger partial charge is 0.229 e. The van der Waals surface area contributed by atoms with Crippen LogP contribution in [-0.2, 0) is 9.59 Å². The number of hydrogen-bond acceptors (Lipinski definition) is 3. The zero-order chi connectivity index (χ0) is 17.8. The van der Waals surface area contributed by atoms with Gasteiger partial charge in [0.05, 0.1) is 23.0 Å². The van der Waals surface area contributed by atoms with Gasteiger partial charge in [0.15, 0.2) is 0 Å². The van der Waals surface area contributed by atoms with Crippen LogP contribution in [0.5, 0.6) is 0 Å². The molecule has 0 saturated carbocycles. The van der Waals surface area contributed by atoms with E-state index in [9.17, 15) is 18.4 Å². The lowest BCUT2D eigenvalue weighted by Gasteiger charge is -2.22. The Morgan fingerprint density at radius 3 is 2.52 bits per heavy atom. The van der Waals surface area contributed by atoms with Crippen molar-refractivity contribution in [1.82, 2.24) is 5.32 Å². The van der Waals surface area contributed by atoms with Crippen molar-refractivity contribution < 1.29 is 18.4 Å². The standard InChI is InChI=1S/C18H17F2N3O2/c19-12-6-7-14(13(20)9-12)22-15-3-1-2-4-16(15)23-18(25)11-5-8-17(24)21-10-11/h1-4,6-7,9,11,22H,5,8,10H2,(H,21,24)(H,23,25). The quantitative estimate of drug-likeness (QED) is 0.797. The summed E-state index contributed by atoms with van der Waals surface area (Å²) >= 11 is 0. The summed E-state index contributed by atoms with van der Waals surface area (Å²) in [4.78, 5) is 23.6. The average Bonchev–Trinajstić information content (AvgIpc) is 2.59. The van der Waals surface area contributed by atoms with Crippen molar-refractivity contribution in [2.24, 2.45) is 5.92 Å². The minimum absolute atomic E-state index is 0.0575. The van der Waals surface area contributed by atoms with E-state index in [2.05, 4.69) is 16.0 Å². The van der Waals surface area contributed by atoms with Gasteiger partial charge in [-0.15, -0.1) is 0 Å². The Bertz CT molecular complexity index is 801. The third kappa shape index (κ3) is 4.12. The van der Waals surface area contributed by atoms with Gasteiger partial charge in [0.25, 0.3) is 0 Å². The summed E-state index contributed by atoms with van der Waals surface area (Å²) in [6.45, 7) is 0.298.